The summed E-state index contributed by atoms with van der Waals surface area (Å²) in [6.45, 7) is 5.04. The highest BCUT2D eigenvalue weighted by atomic mass is 32.1. The molecule has 0 aliphatic heterocycles. The van der Waals surface area contributed by atoms with Crippen molar-refractivity contribution in [3.63, 3.8) is 0 Å². The van der Waals surface area contributed by atoms with Crippen LogP contribution in [0.4, 0.5) is 0 Å². The van der Waals surface area contributed by atoms with Crippen LogP contribution in [0.5, 0.6) is 0 Å². The second-order valence-electron chi connectivity index (χ2n) is 5.36. The molecule has 21 heavy (non-hydrogen) atoms. The van der Waals surface area contributed by atoms with Crippen LogP contribution in [0.1, 0.15) is 30.1 Å². The summed E-state index contributed by atoms with van der Waals surface area (Å²) in [7, 11) is 0. The fourth-order valence-electron chi connectivity index (χ4n) is 2.10. The highest BCUT2D eigenvalue weighted by molar-refractivity contribution is 7.09. The van der Waals surface area contributed by atoms with E-state index in [1.54, 1.807) is 11.3 Å². The number of primary amides is 1. The van der Waals surface area contributed by atoms with Crippen molar-refractivity contribution in [1.29, 1.82) is 0 Å². The van der Waals surface area contributed by atoms with Gasteiger partial charge < -0.3 is 5.73 Å². The zero-order valence-electron chi connectivity index (χ0n) is 12.5. The van der Waals surface area contributed by atoms with Crippen molar-refractivity contribution in [1.82, 2.24) is 9.88 Å². The second-order valence-corrected chi connectivity index (χ2v) is 6.30. The quantitative estimate of drug-likeness (QED) is 0.854. The van der Waals surface area contributed by atoms with Gasteiger partial charge in [-0.1, -0.05) is 30.3 Å². The third kappa shape index (κ3) is 4.95. The molecule has 0 aliphatic rings. The molecule has 112 valence electrons. The second kappa shape index (κ2) is 7.33. The van der Waals surface area contributed by atoms with Gasteiger partial charge in [0.1, 0.15) is 0 Å². The molecule has 2 aromatic rings. The Bertz CT molecular complexity index is 580. The number of hydrogen-bond donors (Lipinski definition) is 1. The summed E-state index contributed by atoms with van der Waals surface area (Å²) in [6.07, 6.45) is 0.850. The van der Waals surface area contributed by atoms with Crippen LogP contribution in [-0.2, 0) is 17.8 Å². The number of hydrogen-bond acceptors (Lipinski definition) is 4. The normalized spacial score (nSPS) is 11.2. The Hall–Kier alpha value is -1.72. The maximum absolute atomic E-state index is 11.1. The van der Waals surface area contributed by atoms with Crippen LogP contribution in [0.25, 0.3) is 0 Å². The molecule has 1 aromatic heterocycles. The number of aromatic nitrogens is 1. The minimum Gasteiger partial charge on any atom is -0.369 e. The highest BCUT2D eigenvalue weighted by Gasteiger charge is 2.14. The summed E-state index contributed by atoms with van der Waals surface area (Å²) in [6, 6.07) is 10.6. The molecule has 2 N–H and O–H groups in total. The molecule has 0 saturated heterocycles. The van der Waals surface area contributed by atoms with Crippen molar-refractivity contribution in [2.45, 2.75) is 32.9 Å². The lowest BCUT2D eigenvalue weighted by molar-refractivity contribution is -0.119. The van der Waals surface area contributed by atoms with E-state index in [1.165, 1.54) is 5.56 Å². The first-order valence-electron chi connectivity index (χ1n) is 7.04. The number of nitrogens with zero attached hydrogens (tertiary/aromatic N) is 2. The van der Waals surface area contributed by atoms with Gasteiger partial charge in [-0.3, -0.25) is 9.69 Å². The standard InChI is InChI=1S/C16H21N3OS/c1-12(2)19(10-15(17)20)9-14-11-21-16(18-14)8-13-6-4-3-5-7-13/h3-7,11-12H,8-10H2,1-2H3,(H2,17,20). The van der Waals surface area contributed by atoms with Crippen molar-refractivity contribution in [2.24, 2.45) is 5.73 Å². The summed E-state index contributed by atoms with van der Waals surface area (Å²) < 4.78 is 0. The molecule has 1 aromatic carbocycles. The molecule has 0 bridgehead atoms. The van der Waals surface area contributed by atoms with Gasteiger partial charge >= 0.3 is 0 Å². The SMILES string of the molecule is CC(C)N(CC(N)=O)Cc1csc(Cc2ccccc2)n1. The van der Waals surface area contributed by atoms with Crippen LogP contribution in [0.15, 0.2) is 35.7 Å². The van der Waals surface area contributed by atoms with Gasteiger partial charge in [0.2, 0.25) is 5.91 Å². The summed E-state index contributed by atoms with van der Waals surface area (Å²) in [5.41, 5.74) is 7.56. The molecular weight excluding hydrogens is 282 g/mol. The van der Waals surface area contributed by atoms with Gasteiger partial charge in [0.25, 0.3) is 0 Å². The molecule has 0 saturated carbocycles. The lowest BCUT2D eigenvalue weighted by atomic mass is 10.2. The van der Waals surface area contributed by atoms with E-state index in [-0.39, 0.29) is 18.5 Å². The van der Waals surface area contributed by atoms with Crippen LogP contribution in [0.2, 0.25) is 0 Å². The largest absolute Gasteiger partial charge is 0.369 e. The zero-order valence-corrected chi connectivity index (χ0v) is 13.3. The average molecular weight is 303 g/mol. The van der Waals surface area contributed by atoms with E-state index in [1.807, 2.05) is 23.1 Å². The van der Waals surface area contributed by atoms with Crippen LogP contribution < -0.4 is 5.73 Å². The molecule has 1 heterocycles. The van der Waals surface area contributed by atoms with E-state index in [4.69, 9.17) is 5.73 Å². The first-order chi connectivity index (χ1) is 10.0. The van der Waals surface area contributed by atoms with Crippen molar-refractivity contribution in [3.8, 4) is 0 Å². The molecule has 0 unspecified atom stereocenters. The van der Waals surface area contributed by atoms with Gasteiger partial charge in [-0.25, -0.2) is 4.98 Å². The Morgan fingerprint density at radius 3 is 2.67 bits per heavy atom. The Morgan fingerprint density at radius 1 is 1.33 bits per heavy atom. The van der Waals surface area contributed by atoms with Crippen molar-refractivity contribution < 1.29 is 4.79 Å². The van der Waals surface area contributed by atoms with Gasteiger partial charge in [0, 0.05) is 24.4 Å². The summed E-state index contributed by atoms with van der Waals surface area (Å²) >= 11 is 1.66. The molecule has 0 atom stereocenters. The number of carbonyl (C=O) groups excluding carboxylic acids is 1. The molecule has 0 fully saturated rings. The average Bonchev–Trinajstić information content (AvgIpc) is 2.86. The lowest BCUT2D eigenvalue weighted by Gasteiger charge is -2.23. The fraction of sp³-hybridized carbons (Fsp3) is 0.375. The van der Waals surface area contributed by atoms with Gasteiger partial charge in [-0.15, -0.1) is 11.3 Å². The predicted molar refractivity (Wildman–Crippen MR) is 86.1 cm³/mol. The minimum absolute atomic E-state index is 0.261. The van der Waals surface area contributed by atoms with E-state index < -0.39 is 0 Å². The van der Waals surface area contributed by atoms with Crippen molar-refractivity contribution >= 4 is 17.2 Å². The number of thiazole rings is 1. The summed E-state index contributed by atoms with van der Waals surface area (Å²) in [5.74, 6) is -0.302. The molecule has 5 heteroatoms. The van der Waals surface area contributed by atoms with E-state index in [0.29, 0.717) is 6.54 Å². The van der Waals surface area contributed by atoms with Gasteiger partial charge in [0.15, 0.2) is 0 Å². The van der Waals surface area contributed by atoms with Crippen LogP contribution in [-0.4, -0.2) is 28.4 Å². The first-order valence-corrected chi connectivity index (χ1v) is 7.92. The number of carbonyl (C=O) groups is 1. The monoisotopic (exact) mass is 303 g/mol. The first kappa shape index (κ1) is 15.7. The minimum atomic E-state index is -0.302. The molecule has 0 radical (unpaired) electrons. The number of rotatable bonds is 7. The maximum Gasteiger partial charge on any atom is 0.231 e. The Labute approximate surface area is 129 Å². The van der Waals surface area contributed by atoms with Crippen LogP contribution in [0.3, 0.4) is 0 Å². The summed E-state index contributed by atoms with van der Waals surface area (Å²) in [5, 5.41) is 3.16. The molecule has 1 amide bonds. The molecule has 4 nitrogen and oxygen atoms in total. The third-order valence-corrected chi connectivity index (χ3v) is 4.15. The van der Waals surface area contributed by atoms with Gasteiger partial charge in [-0.2, -0.15) is 0 Å². The molecule has 2 rings (SSSR count). The Kier molecular flexibility index (Phi) is 5.47. The fourth-order valence-corrected chi connectivity index (χ4v) is 2.92. The number of nitrogens with two attached hydrogens (primary N) is 1. The molecule has 0 aliphatic carbocycles. The third-order valence-electron chi connectivity index (χ3n) is 3.25. The van der Waals surface area contributed by atoms with Crippen molar-refractivity contribution in [2.75, 3.05) is 6.54 Å². The molecule has 0 spiro atoms. The van der Waals surface area contributed by atoms with Gasteiger partial charge in [-0.05, 0) is 19.4 Å². The topological polar surface area (TPSA) is 59.2 Å². The highest BCUT2D eigenvalue weighted by Crippen LogP contribution is 2.16. The Balaban J connectivity index is 2.00. The van der Waals surface area contributed by atoms with Crippen LogP contribution in [0, 0.1) is 0 Å². The number of benzene rings is 1. The van der Waals surface area contributed by atoms with Crippen molar-refractivity contribution in [3.05, 3.63) is 52.0 Å². The van der Waals surface area contributed by atoms with E-state index in [2.05, 4.69) is 36.3 Å². The van der Waals surface area contributed by atoms with Crippen LogP contribution >= 0.6 is 11.3 Å². The lowest BCUT2D eigenvalue weighted by Crippen LogP contribution is -2.38. The number of amides is 1. The van der Waals surface area contributed by atoms with E-state index in [9.17, 15) is 4.79 Å². The predicted octanol–water partition coefficient (Wildman–Crippen LogP) is 2.43. The Morgan fingerprint density at radius 2 is 2.05 bits per heavy atom. The van der Waals surface area contributed by atoms with E-state index in [0.717, 1.165) is 17.1 Å². The van der Waals surface area contributed by atoms with E-state index >= 15 is 0 Å². The summed E-state index contributed by atoms with van der Waals surface area (Å²) in [4.78, 5) is 17.8. The van der Waals surface area contributed by atoms with Gasteiger partial charge in [0.05, 0.1) is 17.2 Å². The maximum atomic E-state index is 11.1. The molecular formula is C16H21N3OS. The smallest absolute Gasteiger partial charge is 0.231 e. The zero-order chi connectivity index (χ0) is 15.2.